The minimum atomic E-state index is -0.974. The van der Waals surface area contributed by atoms with Crippen LogP contribution in [0.4, 0.5) is 0 Å². The molecule has 0 aromatic rings. The quantitative estimate of drug-likeness (QED) is 0.391. The molecular weight excluding hydrogens is 288 g/mol. The Balaban J connectivity index is 3.46. The van der Waals surface area contributed by atoms with Gasteiger partial charge >= 0.3 is 0 Å². The van der Waals surface area contributed by atoms with Crippen molar-refractivity contribution in [2.75, 3.05) is 0 Å². The normalized spacial score (nSPS) is 13.8. The Morgan fingerprint density at radius 2 is 1.39 bits per heavy atom. The van der Waals surface area contributed by atoms with Crippen LogP contribution >= 0.6 is 0 Å². The van der Waals surface area contributed by atoms with Crippen molar-refractivity contribution in [2.45, 2.75) is 70.8 Å². The van der Waals surface area contributed by atoms with Gasteiger partial charge in [-0.05, 0) is 57.8 Å². The fraction of sp³-hybridized carbons (Fsp3) is 0.550. The summed E-state index contributed by atoms with van der Waals surface area (Å²) in [6.45, 7) is 2.00. The van der Waals surface area contributed by atoms with Crippen LogP contribution in [0, 0.1) is 0 Å². The van der Waals surface area contributed by atoms with Crippen LogP contribution < -0.4 is 5.11 Å². The molecule has 0 saturated carbocycles. The summed E-state index contributed by atoms with van der Waals surface area (Å²) in [6, 6.07) is 0. The number of carbonyl (C=O) groups excluding carboxylic acids is 1. The van der Waals surface area contributed by atoms with Gasteiger partial charge in [-0.2, -0.15) is 0 Å². The van der Waals surface area contributed by atoms with Crippen molar-refractivity contribution in [3.8, 4) is 0 Å². The summed E-state index contributed by atoms with van der Waals surface area (Å²) in [5.74, 6) is -0.974. The molecular formula is C20H31O3-. The van der Waals surface area contributed by atoms with Crippen molar-refractivity contribution in [3.63, 3.8) is 0 Å². The summed E-state index contributed by atoms with van der Waals surface area (Å²) in [4.78, 5) is 10.2. The first-order chi connectivity index (χ1) is 11.2. The maximum absolute atomic E-state index is 10.2. The molecule has 0 rings (SSSR count). The average Bonchev–Trinajstić information content (AvgIpc) is 2.53. The number of hydrogen-bond acceptors (Lipinski definition) is 3. The fourth-order valence-electron chi connectivity index (χ4n) is 1.91. The molecule has 1 N–H and O–H groups in total. The number of rotatable bonds is 14. The predicted octanol–water partition coefficient (Wildman–Crippen LogP) is 3.85. The lowest BCUT2D eigenvalue weighted by molar-refractivity contribution is -0.305. The van der Waals surface area contributed by atoms with Crippen molar-refractivity contribution in [2.24, 2.45) is 0 Å². The topological polar surface area (TPSA) is 60.4 Å². The van der Waals surface area contributed by atoms with Gasteiger partial charge in [-0.1, -0.05) is 55.5 Å². The van der Waals surface area contributed by atoms with Crippen molar-refractivity contribution in [1.82, 2.24) is 0 Å². The van der Waals surface area contributed by atoms with E-state index in [1.54, 1.807) is 0 Å². The highest BCUT2D eigenvalue weighted by Crippen LogP contribution is 2.02. The summed E-state index contributed by atoms with van der Waals surface area (Å²) in [6.07, 6.45) is 23.7. The molecule has 130 valence electrons. The molecule has 0 saturated heterocycles. The highest BCUT2D eigenvalue weighted by atomic mass is 16.4. The summed E-state index contributed by atoms with van der Waals surface area (Å²) in [5.41, 5.74) is 0. The second-order valence-electron chi connectivity index (χ2n) is 5.50. The average molecular weight is 319 g/mol. The van der Waals surface area contributed by atoms with Gasteiger partial charge in [-0.3, -0.25) is 0 Å². The SMILES string of the molecule is CCC(O)CC/C=C\C/C=C\C/C=C\C/C=C\CCCC(=O)[O-]. The van der Waals surface area contributed by atoms with Crippen LogP contribution in [-0.4, -0.2) is 17.2 Å². The Kier molecular flexibility index (Phi) is 15.6. The molecule has 0 radical (unpaired) electrons. The van der Waals surface area contributed by atoms with Crippen LogP contribution in [0.3, 0.4) is 0 Å². The molecule has 0 aromatic heterocycles. The summed E-state index contributed by atoms with van der Waals surface area (Å²) in [7, 11) is 0. The molecule has 0 aliphatic rings. The number of hydrogen-bond donors (Lipinski definition) is 1. The van der Waals surface area contributed by atoms with Gasteiger partial charge in [0.05, 0.1) is 6.10 Å². The summed E-state index contributed by atoms with van der Waals surface area (Å²) < 4.78 is 0. The third-order valence-electron chi connectivity index (χ3n) is 3.37. The molecule has 0 aromatic carbocycles. The van der Waals surface area contributed by atoms with Crippen LogP contribution in [-0.2, 0) is 4.79 Å². The first kappa shape index (κ1) is 21.4. The van der Waals surface area contributed by atoms with Gasteiger partial charge in [0, 0.05) is 5.97 Å². The van der Waals surface area contributed by atoms with Crippen LogP contribution in [0.1, 0.15) is 64.7 Å². The first-order valence-corrected chi connectivity index (χ1v) is 8.64. The van der Waals surface area contributed by atoms with Gasteiger partial charge < -0.3 is 15.0 Å². The maximum Gasteiger partial charge on any atom is 0.0540 e. The zero-order valence-electron chi connectivity index (χ0n) is 14.3. The van der Waals surface area contributed by atoms with E-state index in [1.165, 1.54) is 0 Å². The van der Waals surface area contributed by atoms with Gasteiger partial charge in [0.25, 0.3) is 0 Å². The molecule has 0 spiro atoms. The second-order valence-corrected chi connectivity index (χ2v) is 5.50. The van der Waals surface area contributed by atoms with E-state index in [1.807, 2.05) is 13.0 Å². The molecule has 0 bridgehead atoms. The minimum Gasteiger partial charge on any atom is -0.550 e. The van der Waals surface area contributed by atoms with E-state index in [0.29, 0.717) is 6.42 Å². The van der Waals surface area contributed by atoms with E-state index < -0.39 is 5.97 Å². The molecule has 3 nitrogen and oxygen atoms in total. The Bertz CT molecular complexity index is 392. The highest BCUT2D eigenvalue weighted by Gasteiger charge is 1.96. The Hall–Kier alpha value is -1.61. The van der Waals surface area contributed by atoms with Gasteiger partial charge in [0.2, 0.25) is 0 Å². The zero-order valence-corrected chi connectivity index (χ0v) is 14.3. The molecule has 1 atom stereocenters. The summed E-state index contributed by atoms with van der Waals surface area (Å²) >= 11 is 0. The Labute approximate surface area is 141 Å². The van der Waals surface area contributed by atoms with E-state index in [4.69, 9.17) is 0 Å². The smallest absolute Gasteiger partial charge is 0.0540 e. The molecule has 0 fully saturated rings. The van der Waals surface area contributed by atoms with E-state index in [2.05, 4.69) is 42.5 Å². The van der Waals surface area contributed by atoms with Gasteiger partial charge in [0.1, 0.15) is 0 Å². The van der Waals surface area contributed by atoms with E-state index >= 15 is 0 Å². The van der Waals surface area contributed by atoms with Crippen LogP contribution in [0.15, 0.2) is 48.6 Å². The van der Waals surface area contributed by atoms with Gasteiger partial charge in [-0.15, -0.1) is 0 Å². The highest BCUT2D eigenvalue weighted by molar-refractivity contribution is 5.64. The first-order valence-electron chi connectivity index (χ1n) is 8.64. The standard InChI is InChI=1S/C20H32O3/c1-2-19(21)17-15-13-11-9-7-5-3-4-6-8-10-12-14-16-18-20(22)23/h4-7,10-13,19,21H,2-3,8-9,14-18H2,1H3,(H,22,23)/p-1/b6-4-,7-5-,12-10-,13-11-. The molecule has 0 aliphatic carbocycles. The third-order valence-corrected chi connectivity index (χ3v) is 3.37. The Morgan fingerprint density at radius 1 is 0.913 bits per heavy atom. The molecule has 0 heterocycles. The lowest BCUT2D eigenvalue weighted by Crippen LogP contribution is -2.21. The van der Waals surface area contributed by atoms with E-state index in [-0.39, 0.29) is 12.5 Å². The van der Waals surface area contributed by atoms with Crippen molar-refractivity contribution < 1.29 is 15.0 Å². The van der Waals surface area contributed by atoms with E-state index in [9.17, 15) is 15.0 Å². The number of carboxylic acids is 1. The number of aliphatic hydroxyl groups is 1. The van der Waals surface area contributed by atoms with Crippen LogP contribution in [0.25, 0.3) is 0 Å². The molecule has 1 unspecified atom stereocenters. The van der Waals surface area contributed by atoms with Gasteiger partial charge in [0.15, 0.2) is 0 Å². The van der Waals surface area contributed by atoms with Crippen LogP contribution in [0.2, 0.25) is 0 Å². The second kappa shape index (κ2) is 16.8. The molecule has 23 heavy (non-hydrogen) atoms. The zero-order chi connectivity index (χ0) is 17.2. The molecule has 3 heteroatoms. The number of aliphatic carboxylic acids is 1. The lowest BCUT2D eigenvalue weighted by atomic mass is 10.1. The van der Waals surface area contributed by atoms with Crippen LogP contribution in [0.5, 0.6) is 0 Å². The van der Waals surface area contributed by atoms with Crippen molar-refractivity contribution in [3.05, 3.63) is 48.6 Å². The molecule has 0 amide bonds. The monoisotopic (exact) mass is 319 g/mol. The number of aliphatic hydroxyl groups excluding tert-OH is 1. The predicted molar refractivity (Wildman–Crippen MR) is 94.8 cm³/mol. The number of allylic oxidation sites excluding steroid dienone is 8. The summed E-state index contributed by atoms with van der Waals surface area (Å²) in [5, 5.41) is 19.6. The third kappa shape index (κ3) is 18.3. The minimum absolute atomic E-state index is 0.138. The largest absolute Gasteiger partial charge is 0.550 e. The number of carboxylic acid groups (broad SMARTS) is 1. The number of carbonyl (C=O) groups is 1. The maximum atomic E-state index is 10.2. The fourth-order valence-corrected chi connectivity index (χ4v) is 1.91. The van der Waals surface area contributed by atoms with Crippen molar-refractivity contribution in [1.29, 1.82) is 0 Å². The van der Waals surface area contributed by atoms with E-state index in [0.717, 1.165) is 44.9 Å². The number of unbranched alkanes of at least 4 members (excludes halogenated alkanes) is 1. The Morgan fingerprint density at radius 3 is 1.87 bits per heavy atom. The molecule has 0 aliphatic heterocycles. The lowest BCUT2D eigenvalue weighted by Gasteiger charge is -2.03. The van der Waals surface area contributed by atoms with Crippen molar-refractivity contribution >= 4 is 5.97 Å². The van der Waals surface area contributed by atoms with Gasteiger partial charge in [-0.25, -0.2) is 0 Å².